The van der Waals surface area contributed by atoms with E-state index in [2.05, 4.69) is 14.9 Å². The minimum atomic E-state index is -4.90. The van der Waals surface area contributed by atoms with E-state index in [0.717, 1.165) is 18.2 Å². The third-order valence-corrected chi connectivity index (χ3v) is 2.88. The van der Waals surface area contributed by atoms with Gasteiger partial charge in [0.15, 0.2) is 0 Å². The molecule has 0 unspecified atom stereocenters. The van der Waals surface area contributed by atoms with Gasteiger partial charge in [0.1, 0.15) is 34.3 Å². The predicted octanol–water partition coefficient (Wildman–Crippen LogP) is 3.96. The van der Waals surface area contributed by atoms with Crippen molar-refractivity contribution in [1.82, 2.24) is 4.98 Å². The fourth-order valence-corrected chi connectivity index (χ4v) is 1.88. The van der Waals surface area contributed by atoms with Gasteiger partial charge in [0.2, 0.25) is 0 Å². The minimum absolute atomic E-state index is 0.0730. The number of phenolic OH excluding ortho intramolecular Hbond substituents is 1. The predicted molar refractivity (Wildman–Crippen MR) is 87.2 cm³/mol. The van der Waals surface area contributed by atoms with Gasteiger partial charge in [0, 0.05) is 6.20 Å². The van der Waals surface area contributed by atoms with E-state index in [0.29, 0.717) is 0 Å². The first kappa shape index (κ1) is 19.4. The normalized spacial score (nSPS) is 12.8. The molecule has 2 N–H and O–H groups in total. The van der Waals surface area contributed by atoms with Crippen molar-refractivity contribution >= 4 is 5.71 Å². The van der Waals surface area contributed by atoms with Crippen molar-refractivity contribution in [2.24, 2.45) is 5.16 Å². The number of hydrogen-bond donors (Lipinski definition) is 2. The summed E-state index contributed by atoms with van der Waals surface area (Å²) in [5, 5.41) is 24.0. The SMILES string of the molecule is CC(C)(C)ON=C(c1cc(OC(F)(F)F)ccc1O)c1ncccc1O. The molecule has 0 radical (unpaired) electrons. The second-order valence-corrected chi connectivity index (χ2v) is 6.24. The third-order valence-electron chi connectivity index (χ3n) is 2.88. The Morgan fingerprint density at radius 2 is 1.77 bits per heavy atom. The Balaban J connectivity index is 2.59. The van der Waals surface area contributed by atoms with E-state index >= 15 is 0 Å². The first-order valence-electron chi connectivity index (χ1n) is 7.46. The molecule has 2 aromatic rings. The van der Waals surface area contributed by atoms with Gasteiger partial charge in [-0.25, -0.2) is 0 Å². The Hall–Kier alpha value is -2.97. The fraction of sp³-hybridized carbons (Fsp3) is 0.294. The van der Waals surface area contributed by atoms with Crippen molar-refractivity contribution in [3.05, 3.63) is 47.8 Å². The zero-order valence-corrected chi connectivity index (χ0v) is 14.2. The maximum atomic E-state index is 12.5. The van der Waals surface area contributed by atoms with E-state index in [-0.39, 0.29) is 28.5 Å². The molecular formula is C17H17F3N2O4. The van der Waals surface area contributed by atoms with Gasteiger partial charge in [-0.2, -0.15) is 0 Å². The van der Waals surface area contributed by atoms with Crippen molar-refractivity contribution in [1.29, 1.82) is 0 Å². The summed E-state index contributed by atoms with van der Waals surface area (Å²) in [4.78, 5) is 9.28. The highest BCUT2D eigenvalue weighted by molar-refractivity contribution is 6.14. The molecule has 0 amide bonds. The lowest BCUT2D eigenvalue weighted by Gasteiger charge is -2.18. The van der Waals surface area contributed by atoms with Crippen molar-refractivity contribution in [3.8, 4) is 17.2 Å². The molecule has 1 aromatic carbocycles. The fourth-order valence-electron chi connectivity index (χ4n) is 1.88. The molecule has 0 aliphatic carbocycles. The zero-order chi connectivity index (χ0) is 19.5. The number of rotatable bonds is 4. The maximum absolute atomic E-state index is 12.5. The zero-order valence-electron chi connectivity index (χ0n) is 14.2. The Labute approximate surface area is 147 Å². The Morgan fingerprint density at radius 3 is 2.35 bits per heavy atom. The first-order valence-corrected chi connectivity index (χ1v) is 7.46. The average Bonchev–Trinajstić information content (AvgIpc) is 2.49. The summed E-state index contributed by atoms with van der Waals surface area (Å²) in [6, 6.07) is 5.68. The van der Waals surface area contributed by atoms with Crippen molar-refractivity contribution in [2.45, 2.75) is 32.7 Å². The number of nitrogens with zero attached hydrogens (tertiary/aromatic N) is 2. The van der Waals surface area contributed by atoms with Crippen molar-refractivity contribution in [2.75, 3.05) is 0 Å². The molecule has 1 heterocycles. The molecule has 6 nitrogen and oxygen atoms in total. The van der Waals surface area contributed by atoms with Crippen LogP contribution in [-0.2, 0) is 4.84 Å². The maximum Gasteiger partial charge on any atom is 0.573 e. The standard InChI is InChI=1S/C17H17F3N2O4/c1-16(2,3)26-22-14(15-13(24)5-4-8-21-15)11-9-10(6-7-12(11)23)25-17(18,19)20/h4-9,23-24H,1-3H3. The lowest BCUT2D eigenvalue weighted by atomic mass is 10.0. The van der Waals surface area contributed by atoms with Crippen LogP contribution in [0.15, 0.2) is 41.7 Å². The average molecular weight is 370 g/mol. The third kappa shape index (κ3) is 5.27. The monoisotopic (exact) mass is 370 g/mol. The van der Waals surface area contributed by atoms with Crippen LogP contribution in [0.3, 0.4) is 0 Å². The van der Waals surface area contributed by atoms with Crippen LogP contribution in [0.25, 0.3) is 0 Å². The molecule has 0 fully saturated rings. The number of aromatic nitrogens is 1. The van der Waals surface area contributed by atoms with Gasteiger partial charge in [-0.15, -0.1) is 13.2 Å². The molecule has 2 rings (SSSR count). The number of benzene rings is 1. The van der Waals surface area contributed by atoms with Crippen LogP contribution in [0.1, 0.15) is 32.0 Å². The van der Waals surface area contributed by atoms with E-state index in [1.54, 1.807) is 20.8 Å². The number of pyridine rings is 1. The number of ether oxygens (including phenoxy) is 1. The van der Waals surface area contributed by atoms with Gasteiger partial charge in [-0.3, -0.25) is 4.98 Å². The Bertz CT molecular complexity index is 814. The number of phenols is 1. The molecular weight excluding hydrogens is 353 g/mol. The summed E-state index contributed by atoms with van der Waals surface area (Å²) in [5.74, 6) is -1.24. The number of halogens is 3. The second-order valence-electron chi connectivity index (χ2n) is 6.24. The first-order chi connectivity index (χ1) is 12.0. The van der Waals surface area contributed by atoms with Gasteiger partial charge >= 0.3 is 6.36 Å². The lowest BCUT2D eigenvalue weighted by Crippen LogP contribution is -2.19. The van der Waals surface area contributed by atoms with Gasteiger partial charge in [0.05, 0.1) is 5.56 Å². The lowest BCUT2D eigenvalue weighted by molar-refractivity contribution is -0.274. The molecule has 0 aliphatic heterocycles. The number of alkyl halides is 3. The van der Waals surface area contributed by atoms with E-state index in [4.69, 9.17) is 4.84 Å². The number of oxime groups is 1. The van der Waals surface area contributed by atoms with E-state index < -0.39 is 17.7 Å². The molecule has 0 saturated carbocycles. The van der Waals surface area contributed by atoms with Crippen LogP contribution >= 0.6 is 0 Å². The van der Waals surface area contributed by atoms with E-state index in [1.807, 2.05) is 0 Å². The van der Waals surface area contributed by atoms with Crippen molar-refractivity contribution < 1.29 is 33.0 Å². The molecule has 0 aliphatic rings. The van der Waals surface area contributed by atoms with Crippen LogP contribution in [0.2, 0.25) is 0 Å². The molecule has 0 saturated heterocycles. The number of hydrogen-bond acceptors (Lipinski definition) is 6. The van der Waals surface area contributed by atoms with Crippen LogP contribution in [0.5, 0.6) is 17.2 Å². The largest absolute Gasteiger partial charge is 0.573 e. The summed E-state index contributed by atoms with van der Waals surface area (Å²) in [6.45, 7) is 5.11. The molecule has 26 heavy (non-hydrogen) atoms. The highest BCUT2D eigenvalue weighted by Gasteiger charge is 2.32. The molecule has 140 valence electrons. The van der Waals surface area contributed by atoms with Gasteiger partial charge in [-0.05, 0) is 51.1 Å². The summed E-state index contributed by atoms with van der Waals surface area (Å²) in [6.07, 6.45) is -3.55. The molecule has 1 aromatic heterocycles. The second kappa shape index (κ2) is 7.11. The van der Waals surface area contributed by atoms with Gasteiger partial charge in [-0.1, -0.05) is 5.16 Å². The summed E-state index contributed by atoms with van der Waals surface area (Å²) >= 11 is 0. The summed E-state index contributed by atoms with van der Waals surface area (Å²) in [7, 11) is 0. The summed E-state index contributed by atoms with van der Waals surface area (Å²) in [5.41, 5.74) is -1.10. The molecule has 0 spiro atoms. The van der Waals surface area contributed by atoms with Crippen LogP contribution in [-0.4, -0.2) is 32.9 Å². The van der Waals surface area contributed by atoms with Gasteiger partial charge < -0.3 is 19.8 Å². The minimum Gasteiger partial charge on any atom is -0.507 e. The summed E-state index contributed by atoms with van der Waals surface area (Å²) < 4.78 is 41.3. The van der Waals surface area contributed by atoms with E-state index in [9.17, 15) is 23.4 Å². The molecule has 0 bridgehead atoms. The number of aromatic hydroxyl groups is 2. The van der Waals surface area contributed by atoms with E-state index in [1.165, 1.54) is 18.3 Å². The molecule has 9 heteroatoms. The molecule has 0 atom stereocenters. The smallest absolute Gasteiger partial charge is 0.507 e. The Morgan fingerprint density at radius 1 is 1.08 bits per heavy atom. The van der Waals surface area contributed by atoms with Crippen LogP contribution in [0, 0.1) is 0 Å². The van der Waals surface area contributed by atoms with Crippen LogP contribution in [0.4, 0.5) is 13.2 Å². The highest BCUT2D eigenvalue weighted by atomic mass is 19.4. The quantitative estimate of drug-likeness (QED) is 0.629. The van der Waals surface area contributed by atoms with Gasteiger partial charge in [0.25, 0.3) is 0 Å². The Kier molecular flexibility index (Phi) is 5.29. The van der Waals surface area contributed by atoms with Crippen LogP contribution < -0.4 is 4.74 Å². The highest BCUT2D eigenvalue weighted by Crippen LogP contribution is 2.31. The van der Waals surface area contributed by atoms with Crippen molar-refractivity contribution in [3.63, 3.8) is 0 Å². The topological polar surface area (TPSA) is 84.2 Å².